The lowest BCUT2D eigenvalue weighted by Crippen LogP contribution is -2.39. The molecule has 0 aliphatic carbocycles. The van der Waals surface area contributed by atoms with Crippen LogP contribution in [-0.2, 0) is 9.53 Å². The monoisotopic (exact) mass is 267 g/mol. The highest BCUT2D eigenvalue weighted by Crippen LogP contribution is 2.14. The van der Waals surface area contributed by atoms with E-state index in [-0.39, 0.29) is 5.92 Å². The van der Waals surface area contributed by atoms with Gasteiger partial charge in [-0.25, -0.2) is 0 Å². The van der Waals surface area contributed by atoms with Crippen LogP contribution >= 0.6 is 0 Å². The maximum Gasteiger partial charge on any atom is 0.158 e. The van der Waals surface area contributed by atoms with Crippen LogP contribution in [0.15, 0.2) is 12.2 Å². The van der Waals surface area contributed by atoms with Gasteiger partial charge in [0.2, 0.25) is 0 Å². The Morgan fingerprint density at radius 3 is 2.89 bits per heavy atom. The molecule has 1 aliphatic rings. The molecule has 0 aromatic heterocycles. The van der Waals surface area contributed by atoms with Gasteiger partial charge in [-0.15, -0.1) is 0 Å². The summed E-state index contributed by atoms with van der Waals surface area (Å²) in [5.41, 5.74) is 0. The van der Waals surface area contributed by atoms with Gasteiger partial charge < -0.3 is 4.74 Å². The van der Waals surface area contributed by atoms with Crippen LogP contribution in [0.1, 0.15) is 46.0 Å². The van der Waals surface area contributed by atoms with Gasteiger partial charge in [-0.05, 0) is 38.3 Å². The van der Waals surface area contributed by atoms with Crippen molar-refractivity contribution in [2.75, 3.05) is 26.7 Å². The number of hydrogen-bond acceptors (Lipinski definition) is 3. The fraction of sp³-hybridized carbons (Fsp3) is 0.812. The summed E-state index contributed by atoms with van der Waals surface area (Å²) in [5, 5.41) is 0. The molecular weight excluding hydrogens is 238 g/mol. The number of carbonyl (C=O) groups excluding carboxylic acids is 1. The van der Waals surface area contributed by atoms with Crippen molar-refractivity contribution in [1.29, 1.82) is 0 Å². The predicted molar refractivity (Wildman–Crippen MR) is 79.3 cm³/mol. The van der Waals surface area contributed by atoms with Crippen LogP contribution in [0, 0.1) is 5.92 Å². The molecule has 0 aromatic rings. The second-order valence-corrected chi connectivity index (χ2v) is 5.46. The van der Waals surface area contributed by atoms with Crippen LogP contribution < -0.4 is 0 Å². The van der Waals surface area contributed by atoms with E-state index >= 15 is 0 Å². The van der Waals surface area contributed by atoms with Crippen LogP contribution in [0.25, 0.3) is 0 Å². The summed E-state index contributed by atoms with van der Waals surface area (Å²) >= 11 is 0. The van der Waals surface area contributed by atoms with E-state index < -0.39 is 0 Å². The van der Waals surface area contributed by atoms with Crippen molar-refractivity contribution in [3.05, 3.63) is 12.2 Å². The molecule has 1 fully saturated rings. The Hall–Kier alpha value is -0.670. The second-order valence-electron chi connectivity index (χ2n) is 5.46. The Bertz CT molecular complexity index is 288. The molecule has 0 amide bonds. The summed E-state index contributed by atoms with van der Waals surface area (Å²) in [6.07, 6.45) is 9.57. The maximum atomic E-state index is 12.0. The topological polar surface area (TPSA) is 29.5 Å². The third kappa shape index (κ3) is 5.87. The molecule has 3 nitrogen and oxygen atoms in total. The Balaban J connectivity index is 2.34. The van der Waals surface area contributed by atoms with E-state index in [1.54, 1.807) is 13.2 Å². The lowest BCUT2D eigenvalue weighted by molar-refractivity contribution is -0.118. The molecule has 19 heavy (non-hydrogen) atoms. The molecule has 0 bridgehead atoms. The minimum absolute atomic E-state index is 0.217. The van der Waals surface area contributed by atoms with E-state index in [1.807, 2.05) is 6.08 Å². The average molecular weight is 267 g/mol. The summed E-state index contributed by atoms with van der Waals surface area (Å²) < 4.78 is 5.40. The zero-order chi connectivity index (χ0) is 14.1. The summed E-state index contributed by atoms with van der Waals surface area (Å²) in [7, 11) is 1.78. The van der Waals surface area contributed by atoms with Gasteiger partial charge in [0.1, 0.15) is 0 Å². The molecule has 2 unspecified atom stereocenters. The van der Waals surface area contributed by atoms with Crippen LogP contribution in [0.5, 0.6) is 0 Å². The summed E-state index contributed by atoms with van der Waals surface area (Å²) in [4.78, 5) is 14.4. The maximum absolute atomic E-state index is 12.0. The Labute approximate surface area is 118 Å². The van der Waals surface area contributed by atoms with Crippen LogP contribution in [0.3, 0.4) is 0 Å². The smallest absolute Gasteiger partial charge is 0.158 e. The van der Waals surface area contributed by atoms with Gasteiger partial charge in [-0.2, -0.15) is 0 Å². The van der Waals surface area contributed by atoms with Crippen molar-refractivity contribution in [2.45, 2.75) is 52.1 Å². The molecule has 110 valence electrons. The standard InChI is InChI=1S/C16H29NO2/c1-4-8-14(5-2)16(18)10-7-12-17-11-6-9-15(13-17)19-3/h7,10,14-15H,4-6,8-9,11-13H2,1-3H3/b10-7+. The third-order valence-corrected chi connectivity index (χ3v) is 3.97. The molecule has 1 saturated heterocycles. The summed E-state index contributed by atoms with van der Waals surface area (Å²) in [6.45, 7) is 7.21. The number of carbonyl (C=O) groups is 1. The van der Waals surface area contributed by atoms with E-state index in [2.05, 4.69) is 18.7 Å². The Morgan fingerprint density at radius 2 is 2.26 bits per heavy atom. The number of piperidine rings is 1. The number of nitrogens with zero attached hydrogens (tertiary/aromatic N) is 1. The summed E-state index contributed by atoms with van der Waals surface area (Å²) in [6, 6.07) is 0. The minimum atomic E-state index is 0.217. The first-order valence-corrected chi connectivity index (χ1v) is 7.66. The van der Waals surface area contributed by atoms with Crippen molar-refractivity contribution < 1.29 is 9.53 Å². The molecule has 0 saturated carbocycles. The number of ketones is 1. The quantitative estimate of drug-likeness (QED) is 0.633. The molecule has 3 heteroatoms. The fourth-order valence-electron chi connectivity index (χ4n) is 2.72. The lowest BCUT2D eigenvalue weighted by Gasteiger charge is -2.30. The predicted octanol–water partition coefficient (Wildman–Crippen LogP) is 3.05. The average Bonchev–Trinajstić information content (AvgIpc) is 2.44. The molecule has 2 atom stereocenters. The van der Waals surface area contributed by atoms with Crippen LogP contribution in [0.4, 0.5) is 0 Å². The van der Waals surface area contributed by atoms with Gasteiger partial charge in [0.05, 0.1) is 6.10 Å². The highest BCUT2D eigenvalue weighted by Gasteiger charge is 2.18. The van der Waals surface area contributed by atoms with Crippen LogP contribution in [-0.4, -0.2) is 43.5 Å². The van der Waals surface area contributed by atoms with Crippen molar-refractivity contribution >= 4 is 5.78 Å². The molecule has 1 aliphatic heterocycles. The minimum Gasteiger partial charge on any atom is -0.380 e. The van der Waals surface area contributed by atoms with Gasteiger partial charge in [0.25, 0.3) is 0 Å². The van der Waals surface area contributed by atoms with Gasteiger partial charge in [-0.1, -0.05) is 26.3 Å². The van der Waals surface area contributed by atoms with E-state index in [4.69, 9.17) is 4.74 Å². The molecule has 0 radical (unpaired) electrons. The van der Waals surface area contributed by atoms with Crippen molar-refractivity contribution in [1.82, 2.24) is 4.90 Å². The van der Waals surface area contributed by atoms with E-state index in [9.17, 15) is 4.79 Å². The number of ether oxygens (including phenoxy) is 1. The van der Waals surface area contributed by atoms with Crippen molar-refractivity contribution in [2.24, 2.45) is 5.92 Å². The molecule has 0 N–H and O–H groups in total. The molecule has 1 rings (SSSR count). The van der Waals surface area contributed by atoms with E-state index in [1.165, 1.54) is 6.42 Å². The van der Waals surface area contributed by atoms with Gasteiger partial charge in [0.15, 0.2) is 5.78 Å². The number of likely N-dealkylation sites (tertiary alicyclic amines) is 1. The zero-order valence-corrected chi connectivity index (χ0v) is 12.7. The van der Waals surface area contributed by atoms with Crippen LogP contribution in [0.2, 0.25) is 0 Å². The second kappa shape index (κ2) is 9.27. The molecular formula is C16H29NO2. The van der Waals surface area contributed by atoms with Gasteiger partial charge in [-0.3, -0.25) is 9.69 Å². The Kier molecular flexibility index (Phi) is 7.99. The molecule has 0 spiro atoms. The normalized spacial score (nSPS) is 22.8. The lowest BCUT2D eigenvalue weighted by atomic mass is 9.95. The third-order valence-electron chi connectivity index (χ3n) is 3.97. The fourth-order valence-corrected chi connectivity index (χ4v) is 2.72. The first-order valence-electron chi connectivity index (χ1n) is 7.66. The Morgan fingerprint density at radius 1 is 1.47 bits per heavy atom. The largest absolute Gasteiger partial charge is 0.380 e. The number of methoxy groups -OCH3 is 1. The first kappa shape index (κ1) is 16.4. The van der Waals surface area contributed by atoms with Gasteiger partial charge >= 0.3 is 0 Å². The number of rotatable bonds is 8. The zero-order valence-electron chi connectivity index (χ0n) is 12.7. The van der Waals surface area contributed by atoms with E-state index in [0.717, 1.165) is 45.3 Å². The molecule has 1 heterocycles. The van der Waals surface area contributed by atoms with Gasteiger partial charge in [0, 0.05) is 26.1 Å². The highest BCUT2D eigenvalue weighted by molar-refractivity contribution is 5.91. The van der Waals surface area contributed by atoms with E-state index in [0.29, 0.717) is 11.9 Å². The van der Waals surface area contributed by atoms with Crippen molar-refractivity contribution in [3.63, 3.8) is 0 Å². The SMILES string of the molecule is CCCC(CC)C(=O)/C=C/CN1CCCC(OC)C1. The van der Waals surface area contributed by atoms with Crippen molar-refractivity contribution in [3.8, 4) is 0 Å². The highest BCUT2D eigenvalue weighted by atomic mass is 16.5. The number of allylic oxidation sites excluding steroid dienone is 1. The first-order chi connectivity index (χ1) is 9.21. The summed E-state index contributed by atoms with van der Waals surface area (Å²) in [5.74, 6) is 0.513. The molecule has 0 aromatic carbocycles. The number of hydrogen-bond donors (Lipinski definition) is 0.